The maximum Gasteiger partial charge on any atom is 0.153 e. The van der Waals surface area contributed by atoms with E-state index in [0.29, 0.717) is 0 Å². The fourth-order valence-electron chi connectivity index (χ4n) is 2.21. The molecule has 1 unspecified atom stereocenters. The molecule has 0 aliphatic heterocycles. The number of imidazole rings is 1. The predicted molar refractivity (Wildman–Crippen MR) is 81.1 cm³/mol. The minimum absolute atomic E-state index is 0.107. The maximum absolute atomic E-state index is 5.97. The standard InChI is InChI=1S/C17H18N2O/c1-11-8-9-14(10-12(11)2)20-13(3)17-18-15-6-4-5-7-16(15)19-17/h4-10,13H,1-3H3,(H,18,19). The predicted octanol–water partition coefficient (Wildman–Crippen LogP) is 4.32. The molecule has 2 aromatic carbocycles. The van der Waals surface area contributed by atoms with E-state index < -0.39 is 0 Å². The first kappa shape index (κ1) is 12.7. The number of benzene rings is 2. The molecule has 3 heteroatoms. The molecule has 0 spiro atoms. The summed E-state index contributed by atoms with van der Waals surface area (Å²) in [4.78, 5) is 7.87. The number of aryl methyl sites for hydroxylation is 2. The first-order valence-electron chi connectivity index (χ1n) is 6.82. The van der Waals surface area contributed by atoms with E-state index >= 15 is 0 Å². The molecule has 0 saturated heterocycles. The quantitative estimate of drug-likeness (QED) is 0.766. The molecule has 20 heavy (non-hydrogen) atoms. The average molecular weight is 266 g/mol. The Balaban J connectivity index is 1.84. The molecular weight excluding hydrogens is 248 g/mol. The van der Waals surface area contributed by atoms with Gasteiger partial charge in [0.15, 0.2) is 6.10 Å². The van der Waals surface area contributed by atoms with Crippen LogP contribution in [-0.4, -0.2) is 9.97 Å². The Kier molecular flexibility index (Phi) is 3.18. The van der Waals surface area contributed by atoms with Crippen molar-refractivity contribution in [3.63, 3.8) is 0 Å². The van der Waals surface area contributed by atoms with E-state index in [1.807, 2.05) is 37.3 Å². The first-order chi connectivity index (χ1) is 9.63. The zero-order chi connectivity index (χ0) is 14.1. The Morgan fingerprint density at radius 2 is 1.85 bits per heavy atom. The Morgan fingerprint density at radius 1 is 1.05 bits per heavy atom. The summed E-state index contributed by atoms with van der Waals surface area (Å²) in [7, 11) is 0. The number of hydrogen-bond acceptors (Lipinski definition) is 2. The lowest BCUT2D eigenvalue weighted by molar-refractivity contribution is 0.218. The van der Waals surface area contributed by atoms with Crippen LogP contribution in [0.5, 0.6) is 5.75 Å². The second kappa shape index (κ2) is 5.00. The summed E-state index contributed by atoms with van der Waals surface area (Å²) >= 11 is 0. The minimum Gasteiger partial charge on any atom is -0.483 e. The van der Waals surface area contributed by atoms with E-state index in [4.69, 9.17) is 4.74 Å². The highest BCUT2D eigenvalue weighted by Gasteiger charge is 2.12. The highest BCUT2D eigenvalue weighted by molar-refractivity contribution is 5.74. The summed E-state index contributed by atoms with van der Waals surface area (Å²) in [5, 5.41) is 0. The molecule has 0 radical (unpaired) electrons. The Hall–Kier alpha value is -2.29. The smallest absolute Gasteiger partial charge is 0.153 e. The molecule has 3 nitrogen and oxygen atoms in total. The van der Waals surface area contributed by atoms with Crippen LogP contribution in [0.25, 0.3) is 11.0 Å². The van der Waals surface area contributed by atoms with Gasteiger partial charge >= 0.3 is 0 Å². The third-order valence-corrected chi connectivity index (χ3v) is 3.58. The van der Waals surface area contributed by atoms with Crippen molar-refractivity contribution < 1.29 is 4.74 Å². The fraction of sp³-hybridized carbons (Fsp3) is 0.235. The SMILES string of the molecule is Cc1ccc(OC(C)c2nc3ccccc3[nH]2)cc1C. The highest BCUT2D eigenvalue weighted by atomic mass is 16.5. The van der Waals surface area contributed by atoms with Crippen molar-refractivity contribution in [1.82, 2.24) is 9.97 Å². The molecule has 0 aliphatic rings. The summed E-state index contributed by atoms with van der Waals surface area (Å²) in [6, 6.07) is 14.2. The van der Waals surface area contributed by atoms with Crippen LogP contribution in [0.4, 0.5) is 0 Å². The van der Waals surface area contributed by atoms with Crippen molar-refractivity contribution in [3.8, 4) is 5.75 Å². The summed E-state index contributed by atoms with van der Waals surface area (Å²) in [5.41, 5.74) is 4.52. The van der Waals surface area contributed by atoms with Crippen molar-refractivity contribution in [2.24, 2.45) is 0 Å². The Morgan fingerprint density at radius 3 is 2.60 bits per heavy atom. The van der Waals surface area contributed by atoms with E-state index in [9.17, 15) is 0 Å². The summed E-state index contributed by atoms with van der Waals surface area (Å²) in [5.74, 6) is 1.73. The zero-order valence-corrected chi connectivity index (χ0v) is 12.0. The maximum atomic E-state index is 5.97. The second-order valence-electron chi connectivity index (χ2n) is 5.15. The van der Waals surface area contributed by atoms with Crippen molar-refractivity contribution in [3.05, 3.63) is 59.4 Å². The van der Waals surface area contributed by atoms with Crippen LogP contribution in [0.2, 0.25) is 0 Å². The topological polar surface area (TPSA) is 37.9 Å². The molecule has 3 aromatic rings. The Bertz CT molecular complexity index is 713. The van der Waals surface area contributed by atoms with Gasteiger partial charge in [-0.1, -0.05) is 18.2 Å². The van der Waals surface area contributed by atoms with Crippen LogP contribution in [0.1, 0.15) is 30.0 Å². The van der Waals surface area contributed by atoms with Crippen molar-refractivity contribution in [1.29, 1.82) is 0 Å². The number of aromatic nitrogens is 2. The molecular formula is C17H18N2O. The van der Waals surface area contributed by atoms with Crippen LogP contribution in [0, 0.1) is 13.8 Å². The van der Waals surface area contributed by atoms with Gasteiger partial charge in [-0.15, -0.1) is 0 Å². The summed E-state index contributed by atoms with van der Waals surface area (Å²) < 4.78 is 5.97. The molecule has 0 saturated carbocycles. The van der Waals surface area contributed by atoms with E-state index in [0.717, 1.165) is 22.6 Å². The minimum atomic E-state index is -0.107. The lowest BCUT2D eigenvalue weighted by atomic mass is 10.1. The second-order valence-corrected chi connectivity index (χ2v) is 5.15. The fourth-order valence-corrected chi connectivity index (χ4v) is 2.21. The van der Waals surface area contributed by atoms with Crippen molar-refractivity contribution >= 4 is 11.0 Å². The van der Waals surface area contributed by atoms with E-state index in [1.54, 1.807) is 0 Å². The molecule has 0 aliphatic carbocycles. The molecule has 1 heterocycles. The number of rotatable bonds is 3. The molecule has 1 aromatic heterocycles. The van der Waals surface area contributed by atoms with Crippen LogP contribution in [-0.2, 0) is 0 Å². The van der Waals surface area contributed by atoms with Gasteiger partial charge < -0.3 is 9.72 Å². The van der Waals surface area contributed by atoms with Gasteiger partial charge in [-0.2, -0.15) is 0 Å². The molecule has 3 rings (SSSR count). The van der Waals surface area contributed by atoms with E-state index in [1.165, 1.54) is 11.1 Å². The first-order valence-corrected chi connectivity index (χ1v) is 6.82. The molecule has 1 N–H and O–H groups in total. The number of fused-ring (bicyclic) bond motifs is 1. The van der Waals surface area contributed by atoms with Gasteiger partial charge in [0.05, 0.1) is 11.0 Å². The number of H-pyrrole nitrogens is 1. The number of nitrogens with zero attached hydrogens (tertiary/aromatic N) is 1. The van der Waals surface area contributed by atoms with Gasteiger partial charge in [0.2, 0.25) is 0 Å². The summed E-state index contributed by atoms with van der Waals surface area (Å²) in [6.45, 7) is 6.20. The monoisotopic (exact) mass is 266 g/mol. The third kappa shape index (κ3) is 2.39. The van der Waals surface area contributed by atoms with Crippen molar-refractivity contribution in [2.45, 2.75) is 26.9 Å². The van der Waals surface area contributed by atoms with Crippen LogP contribution < -0.4 is 4.74 Å². The Labute approximate surface area is 118 Å². The highest BCUT2D eigenvalue weighted by Crippen LogP contribution is 2.23. The number of hydrogen-bond donors (Lipinski definition) is 1. The molecule has 0 amide bonds. The van der Waals surface area contributed by atoms with Crippen LogP contribution >= 0.6 is 0 Å². The number of ether oxygens (including phenoxy) is 1. The largest absolute Gasteiger partial charge is 0.483 e. The molecule has 0 bridgehead atoms. The van der Waals surface area contributed by atoms with E-state index in [-0.39, 0.29) is 6.10 Å². The van der Waals surface area contributed by atoms with Gasteiger partial charge in [-0.3, -0.25) is 0 Å². The summed E-state index contributed by atoms with van der Waals surface area (Å²) in [6.07, 6.45) is -0.107. The third-order valence-electron chi connectivity index (χ3n) is 3.58. The average Bonchev–Trinajstić information content (AvgIpc) is 2.87. The van der Waals surface area contributed by atoms with Crippen LogP contribution in [0.15, 0.2) is 42.5 Å². The van der Waals surface area contributed by atoms with Gasteiger partial charge in [-0.05, 0) is 56.2 Å². The normalized spacial score (nSPS) is 12.6. The van der Waals surface area contributed by atoms with Crippen molar-refractivity contribution in [2.75, 3.05) is 0 Å². The van der Waals surface area contributed by atoms with Crippen LogP contribution in [0.3, 0.4) is 0 Å². The lowest BCUT2D eigenvalue weighted by Crippen LogP contribution is -2.05. The number of nitrogens with one attached hydrogen (secondary N) is 1. The zero-order valence-electron chi connectivity index (χ0n) is 12.0. The lowest BCUT2D eigenvalue weighted by Gasteiger charge is -2.13. The van der Waals surface area contributed by atoms with Gasteiger partial charge in [0, 0.05) is 0 Å². The molecule has 1 atom stereocenters. The number of aromatic amines is 1. The van der Waals surface area contributed by atoms with E-state index in [2.05, 4.69) is 35.9 Å². The molecule has 0 fully saturated rings. The molecule has 102 valence electrons. The van der Waals surface area contributed by atoms with Gasteiger partial charge in [0.1, 0.15) is 11.6 Å². The van der Waals surface area contributed by atoms with Gasteiger partial charge in [0.25, 0.3) is 0 Å². The van der Waals surface area contributed by atoms with Gasteiger partial charge in [-0.25, -0.2) is 4.98 Å². The number of para-hydroxylation sites is 2.